The van der Waals surface area contributed by atoms with Gasteiger partial charge in [0.05, 0.1) is 18.8 Å². The van der Waals surface area contributed by atoms with E-state index in [-0.39, 0.29) is 37.6 Å². The zero-order valence-corrected chi connectivity index (χ0v) is 22.6. The van der Waals surface area contributed by atoms with Gasteiger partial charge in [0.25, 0.3) is 0 Å². The number of benzene rings is 2. The summed E-state index contributed by atoms with van der Waals surface area (Å²) in [7, 11) is 1.96. The first-order chi connectivity index (χ1) is 18.9. The van der Waals surface area contributed by atoms with Crippen molar-refractivity contribution in [2.24, 2.45) is 7.05 Å². The van der Waals surface area contributed by atoms with E-state index in [4.69, 9.17) is 14.7 Å². The normalized spacial score (nSPS) is 19.0. The van der Waals surface area contributed by atoms with Crippen LogP contribution in [0.1, 0.15) is 61.2 Å². The summed E-state index contributed by atoms with van der Waals surface area (Å²) >= 11 is 1.64. The van der Waals surface area contributed by atoms with Crippen molar-refractivity contribution < 1.29 is 29.4 Å². The molecule has 1 aliphatic rings. The molecule has 0 spiro atoms. The van der Waals surface area contributed by atoms with E-state index in [1.807, 2.05) is 66.3 Å². The van der Waals surface area contributed by atoms with Gasteiger partial charge in [-0.25, -0.2) is 10.5 Å². The Kier molecular flexibility index (Phi) is 10.5. The Morgan fingerprint density at radius 3 is 2.36 bits per heavy atom. The average Bonchev–Trinajstić information content (AvgIpc) is 3.38. The molecule has 1 fully saturated rings. The lowest BCUT2D eigenvalue weighted by Crippen LogP contribution is -2.31. The Bertz CT molecular complexity index is 1220. The zero-order valence-electron chi connectivity index (χ0n) is 21.8. The number of aryl methyl sites for hydroxylation is 1. The van der Waals surface area contributed by atoms with Gasteiger partial charge in [0.1, 0.15) is 0 Å². The number of hydroxylamine groups is 1. The fraction of sp³-hybridized carbons (Fsp3) is 0.393. The van der Waals surface area contributed by atoms with Crippen LogP contribution in [0.5, 0.6) is 0 Å². The van der Waals surface area contributed by atoms with Crippen LogP contribution in [0.25, 0.3) is 0 Å². The van der Waals surface area contributed by atoms with Gasteiger partial charge in [-0.2, -0.15) is 0 Å². The fourth-order valence-electron chi connectivity index (χ4n) is 4.26. The van der Waals surface area contributed by atoms with E-state index in [9.17, 15) is 14.7 Å². The number of aromatic nitrogens is 2. The summed E-state index contributed by atoms with van der Waals surface area (Å²) in [4.78, 5) is 27.7. The molecular formula is C28H34N4O6S. The van der Waals surface area contributed by atoms with Crippen molar-refractivity contribution in [2.45, 2.75) is 62.4 Å². The molecule has 1 aliphatic heterocycles. The van der Waals surface area contributed by atoms with Gasteiger partial charge in [0.15, 0.2) is 11.4 Å². The minimum Gasteiger partial charge on any atom is -0.392 e. The van der Waals surface area contributed by atoms with Crippen LogP contribution >= 0.6 is 11.8 Å². The molecule has 39 heavy (non-hydrogen) atoms. The van der Waals surface area contributed by atoms with Crippen LogP contribution in [0.4, 0.5) is 5.69 Å². The maximum absolute atomic E-state index is 12.3. The molecule has 1 aromatic heterocycles. The van der Waals surface area contributed by atoms with Crippen molar-refractivity contribution in [3.63, 3.8) is 0 Å². The zero-order chi connectivity index (χ0) is 27.6. The van der Waals surface area contributed by atoms with Crippen LogP contribution in [-0.4, -0.2) is 43.5 Å². The molecule has 4 rings (SSSR count). The van der Waals surface area contributed by atoms with Gasteiger partial charge in [-0.1, -0.05) is 48.2 Å². The summed E-state index contributed by atoms with van der Waals surface area (Å²) in [6.45, 7) is -0.00970. The number of aliphatic hydroxyl groups excluding tert-OH is 1. The van der Waals surface area contributed by atoms with Crippen LogP contribution < -0.4 is 10.8 Å². The second-order valence-electron chi connectivity index (χ2n) is 9.39. The lowest BCUT2D eigenvalue weighted by molar-refractivity contribution is -0.245. The lowest BCUT2D eigenvalue weighted by Gasteiger charge is -2.36. The summed E-state index contributed by atoms with van der Waals surface area (Å²) in [5.41, 5.74) is 4.95. The van der Waals surface area contributed by atoms with Crippen LogP contribution in [0.2, 0.25) is 0 Å². The van der Waals surface area contributed by atoms with Crippen LogP contribution in [0.15, 0.2) is 66.1 Å². The Labute approximate surface area is 231 Å². The minimum absolute atomic E-state index is 0.00970. The van der Waals surface area contributed by atoms with E-state index >= 15 is 0 Å². The summed E-state index contributed by atoms with van der Waals surface area (Å²) in [6, 6.07) is 15.2. The number of thioether (sulfide) groups is 1. The molecule has 208 valence electrons. The molecule has 4 N–H and O–H groups in total. The van der Waals surface area contributed by atoms with E-state index in [1.165, 1.54) is 0 Å². The third-order valence-electron chi connectivity index (χ3n) is 6.44. The maximum Gasteiger partial charge on any atom is 0.243 e. The number of nitrogens with zero attached hydrogens (tertiary/aromatic N) is 2. The number of aliphatic hydroxyl groups is 1. The average molecular weight is 555 g/mol. The molecule has 0 aliphatic carbocycles. The smallest absolute Gasteiger partial charge is 0.243 e. The summed E-state index contributed by atoms with van der Waals surface area (Å²) in [5.74, 6) is 0.111. The number of anilines is 1. The van der Waals surface area contributed by atoms with Crippen molar-refractivity contribution in [3.8, 4) is 0 Å². The highest BCUT2D eigenvalue weighted by Gasteiger charge is 2.32. The van der Waals surface area contributed by atoms with Gasteiger partial charge in [0, 0.05) is 55.7 Å². The predicted molar refractivity (Wildman–Crippen MR) is 146 cm³/mol. The Morgan fingerprint density at radius 1 is 1.03 bits per heavy atom. The molecule has 0 saturated carbocycles. The monoisotopic (exact) mass is 554 g/mol. The molecule has 0 bridgehead atoms. The predicted octanol–water partition coefficient (Wildman–Crippen LogP) is 4.25. The number of ether oxygens (including phenoxy) is 2. The molecule has 3 atom stereocenters. The molecule has 2 aromatic carbocycles. The summed E-state index contributed by atoms with van der Waals surface area (Å²) in [5, 5.41) is 21.7. The molecule has 1 saturated heterocycles. The van der Waals surface area contributed by atoms with Crippen molar-refractivity contribution in [1.82, 2.24) is 15.0 Å². The Morgan fingerprint density at radius 2 is 1.72 bits per heavy atom. The van der Waals surface area contributed by atoms with Crippen LogP contribution in [0.3, 0.4) is 0 Å². The SMILES string of the molecule is Cn1ccnc1SCC1CC(c2ccc(CO)cc2)OC(c2ccc(NC(=O)CCCCC(=O)NO)cc2)O1. The van der Waals surface area contributed by atoms with E-state index in [0.29, 0.717) is 30.7 Å². The summed E-state index contributed by atoms with van der Waals surface area (Å²) in [6.07, 6.45) is 5.02. The van der Waals surface area contributed by atoms with Crippen molar-refractivity contribution in [1.29, 1.82) is 0 Å². The van der Waals surface area contributed by atoms with Crippen LogP contribution in [-0.2, 0) is 32.7 Å². The molecule has 11 heteroatoms. The fourth-order valence-corrected chi connectivity index (χ4v) is 5.20. The molecule has 2 heterocycles. The van der Waals surface area contributed by atoms with E-state index in [0.717, 1.165) is 21.8 Å². The largest absolute Gasteiger partial charge is 0.392 e. The lowest BCUT2D eigenvalue weighted by atomic mass is 10.0. The Hall–Kier alpha value is -3.22. The molecule has 10 nitrogen and oxygen atoms in total. The standard InChI is InChI=1S/C28H34N4O6S/c1-32-15-14-29-28(32)39-18-23-16-24(20-8-6-19(17-33)7-9-20)38-27(37-23)21-10-12-22(13-11-21)30-25(34)4-2-3-5-26(35)31-36/h6-15,23-24,27,33,36H,2-5,16-18H2,1H3,(H,30,34)(H,31,35). The molecule has 0 radical (unpaired) electrons. The highest BCUT2D eigenvalue weighted by Crippen LogP contribution is 2.39. The number of hydrogen-bond acceptors (Lipinski definition) is 8. The number of imidazole rings is 1. The van der Waals surface area contributed by atoms with Crippen molar-refractivity contribution >= 4 is 29.3 Å². The number of carbonyl (C=O) groups is 2. The third kappa shape index (κ3) is 8.38. The number of carbonyl (C=O) groups excluding carboxylic acids is 2. The van der Waals surface area contributed by atoms with Gasteiger partial charge < -0.3 is 24.5 Å². The minimum atomic E-state index is -0.587. The van der Waals surface area contributed by atoms with Gasteiger partial charge in [0.2, 0.25) is 11.8 Å². The maximum atomic E-state index is 12.3. The number of hydrogen-bond donors (Lipinski definition) is 4. The van der Waals surface area contributed by atoms with Gasteiger partial charge in [-0.15, -0.1) is 0 Å². The Balaban J connectivity index is 1.39. The quantitative estimate of drug-likeness (QED) is 0.113. The van der Waals surface area contributed by atoms with E-state index < -0.39 is 12.2 Å². The second-order valence-corrected chi connectivity index (χ2v) is 10.4. The van der Waals surface area contributed by atoms with Crippen LogP contribution in [0, 0.1) is 0 Å². The first-order valence-corrected chi connectivity index (χ1v) is 13.9. The van der Waals surface area contributed by atoms with E-state index in [1.54, 1.807) is 23.4 Å². The van der Waals surface area contributed by atoms with Gasteiger partial charge >= 0.3 is 0 Å². The summed E-state index contributed by atoms with van der Waals surface area (Å²) < 4.78 is 14.7. The third-order valence-corrected chi connectivity index (χ3v) is 7.63. The molecule has 2 amide bonds. The highest BCUT2D eigenvalue weighted by molar-refractivity contribution is 7.99. The van der Waals surface area contributed by atoms with Gasteiger partial charge in [-0.05, 0) is 36.1 Å². The number of unbranched alkanes of at least 4 members (excludes halogenated alkanes) is 1. The number of rotatable bonds is 12. The number of amides is 2. The van der Waals surface area contributed by atoms with E-state index in [2.05, 4.69) is 10.3 Å². The topological polar surface area (TPSA) is 135 Å². The highest BCUT2D eigenvalue weighted by atomic mass is 32.2. The second kappa shape index (κ2) is 14.2. The first kappa shape index (κ1) is 28.8. The molecule has 3 aromatic rings. The first-order valence-electron chi connectivity index (χ1n) is 12.9. The van der Waals surface area contributed by atoms with Gasteiger partial charge in [-0.3, -0.25) is 14.8 Å². The molecule has 3 unspecified atom stereocenters. The van der Waals surface area contributed by atoms with Crippen molar-refractivity contribution in [3.05, 3.63) is 77.6 Å². The molecular weight excluding hydrogens is 520 g/mol. The number of nitrogens with one attached hydrogen (secondary N) is 2. The van der Waals surface area contributed by atoms with Crippen molar-refractivity contribution in [2.75, 3.05) is 11.1 Å².